The first-order valence-electron chi connectivity index (χ1n) is 12.1. The zero-order valence-corrected chi connectivity index (χ0v) is 20.6. The fourth-order valence-corrected chi connectivity index (χ4v) is 6.34. The Morgan fingerprint density at radius 2 is 1.69 bits per heavy atom. The fourth-order valence-electron chi connectivity index (χ4n) is 6.34. The number of nitrogens with zero attached hydrogens (tertiary/aromatic N) is 4. The molecular formula is C28H27F2N5O. The molecule has 0 amide bonds. The Hall–Kier alpha value is -3.52. The Morgan fingerprint density at radius 1 is 0.972 bits per heavy atom. The molecule has 2 N–H and O–H groups in total. The van der Waals surface area contributed by atoms with Crippen molar-refractivity contribution in [3.8, 4) is 22.6 Å². The SMILES string of the molecule is CC(C)(O)c1cc(-c2cccc([C@]34CC[C@@H](c5cc(-c6c(F)cccc6F)nnc53)C4(C)C)n2)n[nH]1. The summed E-state index contributed by atoms with van der Waals surface area (Å²) in [5, 5.41) is 26.5. The van der Waals surface area contributed by atoms with Crippen molar-refractivity contribution in [1.29, 1.82) is 0 Å². The molecule has 6 rings (SSSR count). The number of benzene rings is 1. The number of aliphatic hydroxyl groups is 1. The van der Waals surface area contributed by atoms with E-state index in [0.29, 0.717) is 17.1 Å². The van der Waals surface area contributed by atoms with Gasteiger partial charge in [0.25, 0.3) is 0 Å². The van der Waals surface area contributed by atoms with E-state index in [1.807, 2.05) is 30.3 Å². The second kappa shape index (κ2) is 7.49. The number of aromatic amines is 1. The van der Waals surface area contributed by atoms with Gasteiger partial charge in [0.15, 0.2) is 0 Å². The predicted octanol–water partition coefficient (Wildman–Crippen LogP) is 5.64. The number of rotatable bonds is 4. The van der Waals surface area contributed by atoms with Crippen LogP contribution in [0, 0.1) is 17.0 Å². The molecule has 0 saturated heterocycles. The van der Waals surface area contributed by atoms with Crippen molar-refractivity contribution in [2.45, 2.75) is 57.5 Å². The highest BCUT2D eigenvalue weighted by atomic mass is 19.1. The molecule has 2 aliphatic carbocycles. The summed E-state index contributed by atoms with van der Waals surface area (Å²) in [5.41, 5.74) is 2.92. The third-order valence-electron chi connectivity index (χ3n) is 8.29. The Kier molecular flexibility index (Phi) is 4.77. The number of fused-ring (bicyclic) bond motifs is 5. The Bertz CT molecular complexity index is 1490. The lowest BCUT2D eigenvalue weighted by molar-refractivity contribution is 0.0738. The van der Waals surface area contributed by atoms with Crippen LogP contribution < -0.4 is 0 Å². The average Bonchev–Trinajstić information content (AvgIpc) is 3.48. The molecule has 4 aromatic rings. The van der Waals surface area contributed by atoms with Crippen LogP contribution in [0.3, 0.4) is 0 Å². The third-order valence-corrected chi connectivity index (χ3v) is 8.29. The van der Waals surface area contributed by atoms with Crippen LogP contribution in [0.1, 0.15) is 69.1 Å². The minimum atomic E-state index is -1.04. The number of H-pyrrole nitrogens is 1. The lowest BCUT2D eigenvalue weighted by Gasteiger charge is -2.37. The fraction of sp³-hybridized carbons (Fsp3) is 0.357. The molecule has 36 heavy (non-hydrogen) atoms. The standard InChI is InChI=1S/C28H27F2N5O/c1-26(2)16-11-12-28(26,22-10-6-9-19(31-22)20-14-23(34-32-20)27(3,4)36)25-15(16)13-21(33-35-25)24-17(29)7-5-8-18(24)30/h5-10,13-14,16,36H,11-12H2,1-4H3,(H,32,34)/t16-,28+/m0/s1. The van der Waals surface area contributed by atoms with Gasteiger partial charge in [-0.05, 0) is 80.0 Å². The van der Waals surface area contributed by atoms with Crippen LogP contribution in [0.25, 0.3) is 22.6 Å². The van der Waals surface area contributed by atoms with E-state index in [9.17, 15) is 13.9 Å². The van der Waals surface area contributed by atoms with E-state index in [-0.39, 0.29) is 22.6 Å². The van der Waals surface area contributed by atoms with Gasteiger partial charge in [-0.25, -0.2) is 8.78 Å². The summed E-state index contributed by atoms with van der Waals surface area (Å²) in [6.07, 6.45) is 1.77. The summed E-state index contributed by atoms with van der Waals surface area (Å²) in [5.74, 6) is -1.14. The molecule has 8 heteroatoms. The highest BCUT2D eigenvalue weighted by Crippen LogP contribution is 2.69. The van der Waals surface area contributed by atoms with Crippen LogP contribution in [0.4, 0.5) is 8.78 Å². The highest BCUT2D eigenvalue weighted by molar-refractivity contribution is 5.64. The molecule has 6 nitrogen and oxygen atoms in total. The van der Waals surface area contributed by atoms with Gasteiger partial charge < -0.3 is 5.11 Å². The molecule has 0 radical (unpaired) electrons. The smallest absolute Gasteiger partial charge is 0.135 e. The quantitative estimate of drug-likeness (QED) is 0.389. The van der Waals surface area contributed by atoms with Gasteiger partial charge >= 0.3 is 0 Å². The number of hydrogen-bond acceptors (Lipinski definition) is 5. The highest BCUT2D eigenvalue weighted by Gasteiger charge is 2.65. The number of halogens is 2. The van der Waals surface area contributed by atoms with Crippen molar-refractivity contribution in [1.82, 2.24) is 25.4 Å². The molecule has 0 aliphatic heterocycles. The van der Waals surface area contributed by atoms with Gasteiger partial charge in [0.1, 0.15) is 22.9 Å². The second-order valence-electron chi connectivity index (χ2n) is 11.0. The third kappa shape index (κ3) is 3.03. The van der Waals surface area contributed by atoms with Gasteiger partial charge in [-0.3, -0.25) is 10.1 Å². The summed E-state index contributed by atoms with van der Waals surface area (Å²) < 4.78 is 29.0. The van der Waals surface area contributed by atoms with Crippen molar-refractivity contribution in [2.24, 2.45) is 5.41 Å². The lowest BCUT2D eigenvalue weighted by Crippen LogP contribution is -2.37. The monoisotopic (exact) mass is 487 g/mol. The van der Waals surface area contributed by atoms with Gasteiger partial charge in [-0.2, -0.15) is 10.2 Å². The molecule has 1 saturated carbocycles. The summed E-state index contributed by atoms with van der Waals surface area (Å²) in [4.78, 5) is 5.04. The Morgan fingerprint density at radius 3 is 2.39 bits per heavy atom. The minimum absolute atomic E-state index is 0.149. The number of nitrogens with one attached hydrogen (secondary N) is 1. The largest absolute Gasteiger partial charge is 0.384 e. The van der Waals surface area contributed by atoms with E-state index in [0.717, 1.165) is 29.8 Å². The summed E-state index contributed by atoms with van der Waals surface area (Å²) in [6.45, 7) is 7.82. The van der Waals surface area contributed by atoms with Crippen LogP contribution >= 0.6 is 0 Å². The van der Waals surface area contributed by atoms with Gasteiger partial charge in [0, 0.05) is 0 Å². The topological polar surface area (TPSA) is 87.6 Å². The first-order chi connectivity index (χ1) is 17.0. The first kappa shape index (κ1) is 22.9. The zero-order valence-electron chi connectivity index (χ0n) is 20.6. The van der Waals surface area contributed by atoms with Crippen molar-refractivity contribution in [2.75, 3.05) is 0 Å². The Balaban J connectivity index is 1.48. The van der Waals surface area contributed by atoms with Crippen molar-refractivity contribution in [3.63, 3.8) is 0 Å². The van der Waals surface area contributed by atoms with E-state index in [1.54, 1.807) is 13.8 Å². The normalized spacial score (nSPS) is 22.1. The van der Waals surface area contributed by atoms with Crippen LogP contribution in [-0.4, -0.2) is 30.5 Å². The van der Waals surface area contributed by atoms with Crippen molar-refractivity contribution in [3.05, 3.63) is 82.8 Å². The van der Waals surface area contributed by atoms with Gasteiger partial charge in [0.05, 0.1) is 39.4 Å². The van der Waals surface area contributed by atoms with Gasteiger partial charge in [0.2, 0.25) is 0 Å². The first-order valence-corrected chi connectivity index (χ1v) is 12.1. The van der Waals surface area contributed by atoms with E-state index in [4.69, 9.17) is 4.98 Å². The van der Waals surface area contributed by atoms with E-state index in [1.165, 1.54) is 18.2 Å². The maximum atomic E-state index is 14.5. The molecule has 2 bridgehead atoms. The summed E-state index contributed by atoms with van der Waals surface area (Å²) in [7, 11) is 0. The van der Waals surface area contributed by atoms with Gasteiger partial charge in [-0.1, -0.05) is 26.0 Å². The molecular weight excluding hydrogens is 460 g/mol. The predicted molar refractivity (Wildman–Crippen MR) is 131 cm³/mol. The molecule has 3 aromatic heterocycles. The molecule has 2 aliphatic rings. The number of pyridine rings is 1. The molecule has 2 atom stereocenters. The van der Waals surface area contributed by atoms with Crippen LogP contribution in [0.15, 0.2) is 48.5 Å². The molecule has 184 valence electrons. The average molecular weight is 488 g/mol. The van der Waals surface area contributed by atoms with Gasteiger partial charge in [-0.15, -0.1) is 5.10 Å². The maximum Gasteiger partial charge on any atom is 0.135 e. The minimum Gasteiger partial charge on any atom is -0.384 e. The molecule has 1 aromatic carbocycles. The van der Waals surface area contributed by atoms with E-state index >= 15 is 0 Å². The summed E-state index contributed by atoms with van der Waals surface area (Å²) >= 11 is 0. The van der Waals surface area contributed by atoms with Crippen LogP contribution in [-0.2, 0) is 11.0 Å². The number of hydrogen-bond donors (Lipinski definition) is 2. The zero-order chi connectivity index (χ0) is 25.5. The maximum absolute atomic E-state index is 14.5. The Labute approximate surface area is 207 Å². The van der Waals surface area contributed by atoms with E-state index < -0.39 is 22.7 Å². The lowest BCUT2D eigenvalue weighted by atomic mass is 9.66. The van der Waals surface area contributed by atoms with Crippen molar-refractivity contribution < 1.29 is 13.9 Å². The molecule has 3 heterocycles. The molecule has 0 spiro atoms. The molecule has 0 unspecified atom stereocenters. The van der Waals surface area contributed by atoms with Crippen LogP contribution in [0.2, 0.25) is 0 Å². The van der Waals surface area contributed by atoms with Crippen LogP contribution in [0.5, 0.6) is 0 Å². The van der Waals surface area contributed by atoms with Crippen molar-refractivity contribution >= 4 is 0 Å². The summed E-state index contributed by atoms with van der Waals surface area (Å²) in [6, 6.07) is 13.3. The second-order valence-corrected chi connectivity index (χ2v) is 11.0. The number of aromatic nitrogens is 5. The van der Waals surface area contributed by atoms with E-state index in [2.05, 4.69) is 34.2 Å². The molecule has 1 fully saturated rings.